The Balaban J connectivity index is 1.65. The number of furan rings is 1. The fourth-order valence-corrected chi connectivity index (χ4v) is 5.73. The van der Waals surface area contributed by atoms with Gasteiger partial charge in [0.15, 0.2) is 6.20 Å². The Morgan fingerprint density at radius 1 is 0.737 bits per heavy atom. The minimum absolute atomic E-state index is 0.305. The fourth-order valence-electron chi connectivity index (χ4n) is 5.73. The van der Waals surface area contributed by atoms with Crippen molar-refractivity contribution < 1.29 is 13.4 Å². The summed E-state index contributed by atoms with van der Waals surface area (Å²) in [5, 5.41) is 16.5. The average molecular weight is 494 g/mol. The smallest absolute Gasteiger partial charge is 0.219 e. The Labute approximate surface area is 218 Å². The maximum Gasteiger partial charge on any atom is 0.219 e. The molecule has 0 atom stereocenters. The summed E-state index contributed by atoms with van der Waals surface area (Å²) < 4.78 is 23.0. The number of aryl methyl sites for hydroxylation is 2. The molecule has 0 saturated heterocycles. The molecule has 0 aliphatic rings. The average Bonchev–Trinajstić information content (AvgIpc) is 3.32. The first-order valence-electron chi connectivity index (χ1n) is 12.5. The van der Waals surface area contributed by atoms with E-state index in [9.17, 15) is 9.65 Å². The molecule has 7 rings (SSSR count). The third-order valence-electron chi connectivity index (χ3n) is 7.54. The van der Waals surface area contributed by atoms with Gasteiger partial charge in [-0.15, -0.1) is 0 Å². The number of nitrogens with zero attached hydrogens (tertiary/aromatic N) is 2. The van der Waals surface area contributed by atoms with Crippen LogP contribution in [-0.2, 0) is 7.05 Å². The van der Waals surface area contributed by atoms with Gasteiger partial charge in [-0.25, -0.2) is 8.96 Å². The summed E-state index contributed by atoms with van der Waals surface area (Å²) in [5.41, 5.74) is 6.17. The van der Waals surface area contributed by atoms with E-state index in [1.165, 1.54) is 17.5 Å². The zero-order chi connectivity index (χ0) is 26.0. The molecule has 0 aliphatic heterocycles. The first-order chi connectivity index (χ1) is 18.5. The Morgan fingerprint density at radius 3 is 2.21 bits per heavy atom. The summed E-state index contributed by atoms with van der Waals surface area (Å²) >= 11 is 0. The van der Waals surface area contributed by atoms with Gasteiger partial charge >= 0.3 is 0 Å². The molecule has 180 valence electrons. The molecule has 5 aromatic carbocycles. The minimum atomic E-state index is -0.305. The third-order valence-corrected chi connectivity index (χ3v) is 7.54. The van der Waals surface area contributed by atoms with E-state index in [0.29, 0.717) is 16.7 Å². The van der Waals surface area contributed by atoms with Gasteiger partial charge in [-0.2, -0.15) is 5.26 Å². The molecule has 0 fully saturated rings. The third kappa shape index (κ3) is 3.16. The Kier molecular flexibility index (Phi) is 4.83. The topological polar surface area (TPSA) is 40.8 Å². The van der Waals surface area contributed by atoms with Crippen LogP contribution in [0.5, 0.6) is 0 Å². The predicted octanol–water partition coefficient (Wildman–Crippen LogP) is 8.37. The molecule has 7 aromatic rings. The summed E-state index contributed by atoms with van der Waals surface area (Å²) in [5.74, 6) is -0.305. The lowest BCUT2D eigenvalue weighted by Crippen LogP contribution is -2.30. The lowest BCUT2D eigenvalue weighted by atomic mass is 9.90. The van der Waals surface area contributed by atoms with Gasteiger partial charge in [0.1, 0.15) is 24.0 Å². The molecule has 0 unspecified atom stereocenters. The molecule has 0 amide bonds. The highest BCUT2D eigenvalue weighted by molar-refractivity contribution is 6.19. The Morgan fingerprint density at radius 2 is 1.42 bits per heavy atom. The van der Waals surface area contributed by atoms with Gasteiger partial charge in [-0.05, 0) is 57.8 Å². The fraction of sp³-hybridized carbons (Fsp3) is 0.0588. The van der Waals surface area contributed by atoms with Crippen LogP contribution in [-0.4, -0.2) is 0 Å². The van der Waals surface area contributed by atoms with Crippen LogP contribution in [0.25, 0.3) is 65.9 Å². The van der Waals surface area contributed by atoms with E-state index in [1.54, 1.807) is 6.20 Å². The van der Waals surface area contributed by atoms with E-state index in [4.69, 9.17) is 4.42 Å². The molecule has 0 radical (unpaired) electrons. The molecule has 0 N–H and O–H groups in total. The van der Waals surface area contributed by atoms with Gasteiger partial charge in [0, 0.05) is 28.5 Å². The number of aromatic nitrogens is 1. The van der Waals surface area contributed by atoms with Crippen LogP contribution in [0, 0.1) is 24.1 Å². The quantitative estimate of drug-likeness (QED) is 0.179. The first kappa shape index (κ1) is 22.2. The first-order valence-corrected chi connectivity index (χ1v) is 12.5. The summed E-state index contributed by atoms with van der Waals surface area (Å²) in [6.45, 7) is 2.01. The second kappa shape index (κ2) is 8.26. The maximum atomic E-state index is 14.3. The SMILES string of the molecule is Cc1ccc2c(oc3c(-c4cc5ccccc5c5ccccc45)c(C#N)ccc32)c1-c1cc(F)cc[n+]1C. The second-order valence-electron chi connectivity index (χ2n) is 9.74. The molecule has 2 aromatic heterocycles. The highest BCUT2D eigenvalue weighted by Crippen LogP contribution is 2.44. The molecule has 0 spiro atoms. The number of hydrogen-bond acceptors (Lipinski definition) is 2. The lowest BCUT2D eigenvalue weighted by molar-refractivity contribution is -0.660. The highest BCUT2D eigenvalue weighted by Gasteiger charge is 2.24. The van der Waals surface area contributed by atoms with E-state index in [-0.39, 0.29) is 5.82 Å². The van der Waals surface area contributed by atoms with Crippen molar-refractivity contribution >= 4 is 43.5 Å². The summed E-state index contributed by atoms with van der Waals surface area (Å²) in [6.07, 6.45) is 1.71. The molecule has 4 heteroatoms. The van der Waals surface area contributed by atoms with Crippen LogP contribution in [0.3, 0.4) is 0 Å². The second-order valence-corrected chi connectivity index (χ2v) is 9.74. The molecule has 38 heavy (non-hydrogen) atoms. The summed E-state index contributed by atoms with van der Waals surface area (Å²) in [6, 6.07) is 32.0. The maximum absolute atomic E-state index is 14.3. The van der Waals surface area contributed by atoms with Crippen LogP contribution in [0.2, 0.25) is 0 Å². The number of benzene rings is 5. The Bertz CT molecular complexity index is 2130. The summed E-state index contributed by atoms with van der Waals surface area (Å²) in [4.78, 5) is 0. The Hall–Kier alpha value is -5.01. The largest absolute Gasteiger partial charge is 0.454 e. The van der Waals surface area contributed by atoms with Crippen LogP contribution < -0.4 is 4.57 Å². The van der Waals surface area contributed by atoms with Gasteiger partial charge in [-0.1, -0.05) is 60.7 Å². The number of nitriles is 1. The highest BCUT2D eigenvalue weighted by atomic mass is 19.1. The molecular weight excluding hydrogens is 471 g/mol. The summed E-state index contributed by atoms with van der Waals surface area (Å²) in [7, 11) is 1.90. The number of rotatable bonds is 2. The van der Waals surface area contributed by atoms with Crippen molar-refractivity contribution in [3.8, 4) is 28.5 Å². The van der Waals surface area contributed by atoms with Gasteiger partial charge in [0.05, 0.1) is 17.2 Å². The lowest BCUT2D eigenvalue weighted by Gasteiger charge is -2.12. The van der Waals surface area contributed by atoms with Crippen molar-refractivity contribution in [3.63, 3.8) is 0 Å². The normalized spacial score (nSPS) is 11.5. The van der Waals surface area contributed by atoms with E-state index in [0.717, 1.165) is 54.9 Å². The zero-order valence-corrected chi connectivity index (χ0v) is 20.9. The predicted molar refractivity (Wildman–Crippen MR) is 150 cm³/mol. The molecule has 0 aliphatic carbocycles. The molecule has 3 nitrogen and oxygen atoms in total. The van der Waals surface area contributed by atoms with E-state index in [1.807, 2.05) is 67.1 Å². The van der Waals surface area contributed by atoms with Gasteiger partial charge in [0.2, 0.25) is 5.69 Å². The van der Waals surface area contributed by atoms with Crippen LogP contribution in [0.15, 0.2) is 102 Å². The van der Waals surface area contributed by atoms with E-state index < -0.39 is 0 Å². The standard InChI is InChI=1S/C34H22FN2O/c1-20-11-13-27-28-14-12-22(19-36)32(34(28)38-33(27)31(20)30-18-23(35)15-16-37(30)2)29-17-21-7-3-4-8-24(21)25-9-5-6-10-26(25)29/h3-18H,1-2H3/q+1. The van der Waals surface area contributed by atoms with Gasteiger partial charge in [-0.3, -0.25) is 0 Å². The number of fused-ring (bicyclic) bond motifs is 6. The molecular formula is C34H22FN2O+. The zero-order valence-electron chi connectivity index (χ0n) is 20.9. The van der Waals surface area contributed by atoms with Gasteiger partial charge < -0.3 is 4.42 Å². The van der Waals surface area contributed by atoms with Crippen LogP contribution in [0.1, 0.15) is 11.1 Å². The molecule has 0 saturated carbocycles. The van der Waals surface area contributed by atoms with Crippen molar-refractivity contribution in [3.05, 3.63) is 114 Å². The monoisotopic (exact) mass is 493 g/mol. The van der Waals surface area contributed by atoms with Crippen molar-refractivity contribution in [2.75, 3.05) is 0 Å². The minimum Gasteiger partial charge on any atom is -0.454 e. The van der Waals surface area contributed by atoms with Crippen LogP contribution >= 0.6 is 0 Å². The number of halogens is 1. The van der Waals surface area contributed by atoms with Crippen LogP contribution in [0.4, 0.5) is 4.39 Å². The van der Waals surface area contributed by atoms with Crippen molar-refractivity contribution in [1.82, 2.24) is 0 Å². The molecule has 0 bridgehead atoms. The van der Waals surface area contributed by atoms with Crippen molar-refractivity contribution in [1.29, 1.82) is 5.26 Å². The number of pyridine rings is 1. The van der Waals surface area contributed by atoms with E-state index >= 15 is 0 Å². The van der Waals surface area contributed by atoms with Gasteiger partial charge in [0.25, 0.3) is 0 Å². The van der Waals surface area contributed by atoms with E-state index in [2.05, 4.69) is 36.4 Å². The molecule has 2 heterocycles. The number of hydrogen-bond donors (Lipinski definition) is 0. The van der Waals surface area contributed by atoms with Crippen molar-refractivity contribution in [2.45, 2.75) is 6.92 Å². The van der Waals surface area contributed by atoms with Crippen molar-refractivity contribution in [2.24, 2.45) is 7.05 Å².